The first kappa shape index (κ1) is 17.7. The number of hydrogen-bond acceptors (Lipinski definition) is 4. The molecule has 2 heterocycles. The summed E-state index contributed by atoms with van der Waals surface area (Å²) in [6.07, 6.45) is 4.57. The summed E-state index contributed by atoms with van der Waals surface area (Å²) in [5.74, 6) is 0.903. The van der Waals surface area contributed by atoms with Crippen LogP contribution in [-0.2, 0) is 11.2 Å². The van der Waals surface area contributed by atoms with Crippen LogP contribution in [0.5, 0.6) is 5.75 Å². The minimum absolute atomic E-state index is 0.116. The molecule has 0 aliphatic carbocycles. The topological polar surface area (TPSA) is 47.4 Å². The van der Waals surface area contributed by atoms with E-state index in [-0.39, 0.29) is 11.2 Å². The molecule has 0 saturated heterocycles. The van der Waals surface area contributed by atoms with Crippen molar-refractivity contribution < 1.29 is 9.53 Å². The summed E-state index contributed by atoms with van der Waals surface area (Å²) in [7, 11) is 1.65. The summed E-state index contributed by atoms with van der Waals surface area (Å²) < 4.78 is 7.29. The van der Waals surface area contributed by atoms with Gasteiger partial charge in [0.05, 0.1) is 18.0 Å². The van der Waals surface area contributed by atoms with E-state index >= 15 is 0 Å². The number of benzene rings is 2. The largest absolute Gasteiger partial charge is 0.497 e. The number of aromatic nitrogens is 2. The summed E-state index contributed by atoms with van der Waals surface area (Å²) in [6, 6.07) is 15.9. The van der Waals surface area contributed by atoms with Gasteiger partial charge in [0.15, 0.2) is 5.16 Å². The summed E-state index contributed by atoms with van der Waals surface area (Å²) in [5.41, 5.74) is 3.23. The standard InChI is InChI=1S/C21H21N3O2S/c1-15(20(25)24-12-10-16-6-3-4-9-19(16)24)27-21-22-11-13-23(21)17-7-5-8-18(14-17)26-2/h3-9,11,13-15H,10,12H2,1-2H3. The number of hydrogen-bond donors (Lipinski definition) is 0. The van der Waals surface area contributed by atoms with E-state index in [0.29, 0.717) is 0 Å². The fourth-order valence-corrected chi connectivity index (χ4v) is 4.27. The molecule has 2 aromatic carbocycles. The quantitative estimate of drug-likeness (QED) is 0.630. The molecule has 1 aliphatic heterocycles. The highest BCUT2D eigenvalue weighted by atomic mass is 32.2. The van der Waals surface area contributed by atoms with Crippen molar-refractivity contribution in [1.29, 1.82) is 0 Å². The van der Waals surface area contributed by atoms with Gasteiger partial charge in [-0.25, -0.2) is 4.98 Å². The first-order valence-electron chi connectivity index (χ1n) is 8.91. The van der Waals surface area contributed by atoms with Crippen molar-refractivity contribution >= 4 is 23.4 Å². The molecule has 0 N–H and O–H groups in total. The summed E-state index contributed by atoms with van der Waals surface area (Å²) >= 11 is 1.47. The third-order valence-corrected chi connectivity index (χ3v) is 5.79. The molecule has 0 fully saturated rings. The normalized spacial score (nSPS) is 14.1. The minimum atomic E-state index is -0.233. The van der Waals surface area contributed by atoms with E-state index < -0.39 is 0 Å². The van der Waals surface area contributed by atoms with Crippen molar-refractivity contribution in [3.05, 3.63) is 66.5 Å². The Kier molecular flexibility index (Phi) is 4.90. The zero-order valence-electron chi connectivity index (χ0n) is 15.3. The first-order valence-corrected chi connectivity index (χ1v) is 9.79. The van der Waals surface area contributed by atoms with E-state index in [0.717, 1.165) is 35.2 Å². The van der Waals surface area contributed by atoms with Gasteiger partial charge in [-0.3, -0.25) is 9.36 Å². The van der Waals surface area contributed by atoms with Gasteiger partial charge in [0.2, 0.25) is 5.91 Å². The smallest absolute Gasteiger partial charge is 0.240 e. The van der Waals surface area contributed by atoms with Crippen molar-refractivity contribution in [3.63, 3.8) is 0 Å². The number of fused-ring (bicyclic) bond motifs is 1. The second-order valence-electron chi connectivity index (χ2n) is 6.41. The Morgan fingerprint density at radius 1 is 1.22 bits per heavy atom. The fraction of sp³-hybridized carbons (Fsp3) is 0.238. The highest BCUT2D eigenvalue weighted by molar-refractivity contribution is 8.00. The lowest BCUT2D eigenvalue weighted by atomic mass is 10.2. The molecule has 1 amide bonds. The third-order valence-electron chi connectivity index (χ3n) is 4.72. The number of para-hydroxylation sites is 1. The van der Waals surface area contributed by atoms with Crippen molar-refractivity contribution in [3.8, 4) is 11.4 Å². The molecule has 3 aromatic rings. The average molecular weight is 379 g/mol. The van der Waals surface area contributed by atoms with E-state index in [4.69, 9.17) is 4.74 Å². The fourth-order valence-electron chi connectivity index (χ4n) is 3.33. The van der Waals surface area contributed by atoms with Crippen LogP contribution in [0.4, 0.5) is 5.69 Å². The summed E-state index contributed by atoms with van der Waals surface area (Å²) in [4.78, 5) is 19.4. The van der Waals surface area contributed by atoms with E-state index in [9.17, 15) is 4.79 Å². The lowest BCUT2D eigenvalue weighted by Crippen LogP contribution is -2.35. The number of thioether (sulfide) groups is 1. The SMILES string of the molecule is COc1cccc(-n2ccnc2SC(C)C(=O)N2CCc3ccccc32)c1. The molecule has 1 atom stereocenters. The Balaban J connectivity index is 1.53. The number of imidazole rings is 1. The van der Waals surface area contributed by atoms with Crippen LogP contribution in [0.25, 0.3) is 5.69 Å². The van der Waals surface area contributed by atoms with Gasteiger partial charge in [0.1, 0.15) is 5.75 Å². The lowest BCUT2D eigenvalue weighted by Gasteiger charge is -2.21. The number of amides is 1. The Labute approximate surface area is 163 Å². The molecule has 1 aromatic heterocycles. The minimum Gasteiger partial charge on any atom is -0.497 e. The van der Waals surface area contributed by atoms with Gasteiger partial charge in [-0.15, -0.1) is 0 Å². The molecular weight excluding hydrogens is 358 g/mol. The Hall–Kier alpha value is -2.73. The van der Waals surface area contributed by atoms with Crippen LogP contribution >= 0.6 is 11.8 Å². The predicted molar refractivity (Wildman–Crippen MR) is 108 cm³/mol. The monoisotopic (exact) mass is 379 g/mol. The second kappa shape index (κ2) is 7.48. The van der Waals surface area contributed by atoms with Crippen LogP contribution in [0, 0.1) is 0 Å². The Morgan fingerprint density at radius 3 is 2.93 bits per heavy atom. The predicted octanol–water partition coefficient (Wildman–Crippen LogP) is 3.95. The van der Waals surface area contributed by atoms with E-state index in [1.807, 2.05) is 65.1 Å². The van der Waals surface area contributed by atoms with Crippen LogP contribution in [0.15, 0.2) is 66.1 Å². The molecule has 1 unspecified atom stereocenters. The molecule has 138 valence electrons. The molecule has 0 radical (unpaired) electrons. The van der Waals surface area contributed by atoms with Gasteiger partial charge in [0, 0.05) is 30.7 Å². The van der Waals surface area contributed by atoms with Crippen LogP contribution in [-0.4, -0.2) is 34.4 Å². The van der Waals surface area contributed by atoms with Crippen LogP contribution in [0.3, 0.4) is 0 Å². The Morgan fingerprint density at radius 2 is 2.07 bits per heavy atom. The zero-order valence-corrected chi connectivity index (χ0v) is 16.1. The van der Waals surface area contributed by atoms with Crippen molar-refractivity contribution in [2.75, 3.05) is 18.6 Å². The molecule has 4 rings (SSSR count). The highest BCUT2D eigenvalue weighted by Gasteiger charge is 2.29. The van der Waals surface area contributed by atoms with E-state index in [2.05, 4.69) is 11.1 Å². The van der Waals surface area contributed by atoms with Gasteiger partial charge in [0.25, 0.3) is 0 Å². The van der Waals surface area contributed by atoms with Crippen LogP contribution in [0.1, 0.15) is 12.5 Å². The van der Waals surface area contributed by atoms with Gasteiger partial charge in [-0.05, 0) is 37.1 Å². The van der Waals surface area contributed by atoms with Crippen LogP contribution < -0.4 is 9.64 Å². The van der Waals surface area contributed by atoms with E-state index in [1.54, 1.807) is 13.3 Å². The molecular formula is C21H21N3O2S. The number of ether oxygens (including phenoxy) is 1. The second-order valence-corrected chi connectivity index (χ2v) is 7.72. The van der Waals surface area contributed by atoms with Crippen molar-refractivity contribution in [1.82, 2.24) is 9.55 Å². The average Bonchev–Trinajstić information content (AvgIpc) is 3.34. The van der Waals surface area contributed by atoms with Gasteiger partial charge < -0.3 is 9.64 Å². The summed E-state index contributed by atoms with van der Waals surface area (Å²) in [5, 5.41) is 0.555. The number of nitrogens with zero attached hydrogens (tertiary/aromatic N) is 3. The third kappa shape index (κ3) is 3.45. The lowest BCUT2D eigenvalue weighted by molar-refractivity contribution is -0.117. The molecule has 1 aliphatic rings. The van der Waals surface area contributed by atoms with Crippen molar-refractivity contribution in [2.24, 2.45) is 0 Å². The van der Waals surface area contributed by atoms with Gasteiger partial charge in [-0.2, -0.15) is 0 Å². The number of anilines is 1. The molecule has 5 nitrogen and oxygen atoms in total. The molecule has 0 bridgehead atoms. The molecule has 0 spiro atoms. The van der Waals surface area contributed by atoms with E-state index in [1.165, 1.54) is 17.3 Å². The maximum absolute atomic E-state index is 13.0. The van der Waals surface area contributed by atoms with Gasteiger partial charge >= 0.3 is 0 Å². The van der Waals surface area contributed by atoms with Gasteiger partial charge in [-0.1, -0.05) is 36.0 Å². The number of carbonyl (C=O) groups excluding carboxylic acids is 1. The number of methoxy groups -OCH3 is 1. The summed E-state index contributed by atoms with van der Waals surface area (Å²) in [6.45, 7) is 2.69. The maximum Gasteiger partial charge on any atom is 0.240 e. The number of carbonyl (C=O) groups is 1. The molecule has 27 heavy (non-hydrogen) atoms. The van der Waals surface area contributed by atoms with Crippen molar-refractivity contribution in [2.45, 2.75) is 23.8 Å². The number of rotatable bonds is 5. The molecule has 0 saturated carbocycles. The maximum atomic E-state index is 13.0. The first-order chi connectivity index (χ1) is 13.2. The molecule has 6 heteroatoms. The Bertz CT molecular complexity index is 969. The van der Waals surface area contributed by atoms with Crippen LogP contribution in [0.2, 0.25) is 0 Å². The highest BCUT2D eigenvalue weighted by Crippen LogP contribution is 2.32. The zero-order chi connectivity index (χ0) is 18.8.